The number of pyridine rings is 1. The van der Waals surface area contributed by atoms with Gasteiger partial charge in [0, 0.05) is 38.2 Å². The van der Waals surface area contributed by atoms with Crippen LogP contribution >= 0.6 is 0 Å². The van der Waals surface area contributed by atoms with Crippen LogP contribution in [-0.2, 0) is 0 Å². The molecule has 0 fully saturated rings. The Morgan fingerprint density at radius 3 is 2.08 bits per heavy atom. The highest BCUT2D eigenvalue weighted by atomic mass is 16.3. The van der Waals surface area contributed by atoms with Crippen molar-refractivity contribution in [3.63, 3.8) is 0 Å². The van der Waals surface area contributed by atoms with Gasteiger partial charge in [0.2, 0.25) is 5.71 Å². The number of anilines is 6. The predicted molar refractivity (Wildman–Crippen MR) is 153 cm³/mol. The van der Waals surface area contributed by atoms with Crippen LogP contribution in [0, 0.1) is 6.85 Å². The summed E-state index contributed by atoms with van der Waals surface area (Å²) < 4.78 is 30.4. The number of hydrogen-bond acceptors (Lipinski definition) is 4. The lowest BCUT2D eigenvalue weighted by atomic mass is 9.35. The topological polar surface area (TPSA) is 32.5 Å². The highest BCUT2D eigenvalue weighted by molar-refractivity contribution is 6.99. The van der Waals surface area contributed by atoms with Gasteiger partial charge in [-0.3, -0.25) is 0 Å². The van der Waals surface area contributed by atoms with Crippen LogP contribution in [-0.4, -0.2) is 11.7 Å². The molecule has 0 N–H and O–H groups in total. The van der Waals surface area contributed by atoms with Crippen LogP contribution < -0.4 is 26.4 Å². The van der Waals surface area contributed by atoms with Gasteiger partial charge >= 0.3 is 0 Å². The molecule has 2 aliphatic heterocycles. The summed E-state index contributed by atoms with van der Waals surface area (Å²) in [7, 11) is 0. The minimum absolute atomic E-state index is 0.0230. The maximum absolute atomic E-state index is 7.92. The minimum Gasteiger partial charge on any atom is -0.450 e. The Morgan fingerprint density at radius 2 is 1.32 bits per heavy atom. The molecule has 0 aliphatic carbocycles. The second-order valence-electron chi connectivity index (χ2n) is 9.41. The quantitative estimate of drug-likeness (QED) is 0.276. The predicted octanol–water partition coefficient (Wildman–Crippen LogP) is 6.22. The lowest BCUT2D eigenvalue weighted by molar-refractivity contribution is 0.636. The first-order chi connectivity index (χ1) is 19.5. The molecular weight excluding hydrogens is 453 g/mol. The van der Waals surface area contributed by atoms with Gasteiger partial charge in [0.05, 0.1) is 11.1 Å². The molecule has 6 aromatic rings. The van der Waals surface area contributed by atoms with Crippen LogP contribution in [0.4, 0.5) is 34.1 Å². The molecule has 0 radical (unpaired) electrons. The second kappa shape index (κ2) is 7.61. The average molecular weight is 478 g/mol. The van der Waals surface area contributed by atoms with E-state index in [1.54, 1.807) is 6.07 Å². The molecule has 0 amide bonds. The number of para-hydroxylation sites is 3. The summed E-state index contributed by atoms with van der Waals surface area (Å²) in [4.78, 5) is 9.04. The minimum atomic E-state index is -2.33. The SMILES string of the molecule is [2H]C([2H])([2H])c1ccc2c3c(oc2n1)B1c2ccccc2N(c2ccccc2)c2cccc(c21)N3c1ccccc1. The molecule has 0 spiro atoms. The van der Waals surface area contributed by atoms with Crippen molar-refractivity contribution in [2.45, 2.75) is 6.85 Å². The van der Waals surface area contributed by atoms with Gasteiger partial charge < -0.3 is 14.2 Å². The molecule has 0 unspecified atom stereocenters. The van der Waals surface area contributed by atoms with Crippen molar-refractivity contribution in [1.29, 1.82) is 0 Å². The molecule has 0 bridgehead atoms. The van der Waals surface area contributed by atoms with Crippen molar-refractivity contribution in [2.24, 2.45) is 0 Å². The van der Waals surface area contributed by atoms with Crippen LogP contribution in [0.5, 0.6) is 0 Å². The lowest BCUT2D eigenvalue weighted by Crippen LogP contribution is -2.60. The second-order valence-corrected chi connectivity index (χ2v) is 9.41. The average Bonchev–Trinajstić information content (AvgIpc) is 3.36. The fourth-order valence-electron chi connectivity index (χ4n) is 5.95. The van der Waals surface area contributed by atoms with Crippen LogP contribution in [0.2, 0.25) is 0 Å². The summed E-state index contributed by atoms with van der Waals surface area (Å²) in [5, 5.41) is 0.783. The van der Waals surface area contributed by atoms with E-state index in [-0.39, 0.29) is 12.4 Å². The monoisotopic (exact) mass is 478 g/mol. The normalized spacial score (nSPS) is 14.9. The van der Waals surface area contributed by atoms with Gasteiger partial charge in [0.25, 0.3) is 6.71 Å². The zero-order valence-corrected chi connectivity index (χ0v) is 19.8. The molecule has 5 heteroatoms. The smallest absolute Gasteiger partial charge is 0.297 e. The van der Waals surface area contributed by atoms with Gasteiger partial charge in [-0.2, -0.15) is 0 Å². The van der Waals surface area contributed by atoms with Crippen molar-refractivity contribution in [2.75, 3.05) is 9.80 Å². The van der Waals surface area contributed by atoms with Gasteiger partial charge in [0.1, 0.15) is 5.66 Å². The lowest BCUT2D eigenvalue weighted by Gasteiger charge is -2.42. The Labute approximate surface area is 219 Å². The standard InChI is InChI=1S/C32H22BN3O/c1-21-19-20-24-30-31(37-32(24)34-21)33-25-15-8-9-16-26(25)35(22-11-4-2-5-12-22)27-17-10-18-28(29(27)33)36(30)23-13-6-3-7-14-23/h2-20H,1H3/i1D3. The van der Waals surface area contributed by atoms with E-state index < -0.39 is 6.85 Å². The summed E-state index contributed by atoms with van der Waals surface area (Å²) in [6.07, 6.45) is 0. The van der Waals surface area contributed by atoms with Gasteiger partial charge in [-0.25, -0.2) is 4.98 Å². The van der Waals surface area contributed by atoms with Gasteiger partial charge in [-0.15, -0.1) is 0 Å². The first-order valence-corrected chi connectivity index (χ1v) is 12.4. The fourth-order valence-corrected chi connectivity index (χ4v) is 5.95. The summed E-state index contributed by atoms with van der Waals surface area (Å²) in [5.74, 6) is 0. The number of furan rings is 1. The van der Waals surface area contributed by atoms with E-state index in [9.17, 15) is 0 Å². The number of fused-ring (bicyclic) bond motifs is 6. The Bertz CT molecular complexity index is 1920. The van der Waals surface area contributed by atoms with Gasteiger partial charge in [0.15, 0.2) is 0 Å². The third kappa shape index (κ3) is 2.82. The van der Waals surface area contributed by atoms with E-state index in [0.29, 0.717) is 5.71 Å². The van der Waals surface area contributed by atoms with Crippen molar-refractivity contribution >= 4 is 68.5 Å². The summed E-state index contributed by atoms with van der Waals surface area (Å²) in [6.45, 7) is -2.52. The largest absolute Gasteiger partial charge is 0.450 e. The Hall–Kier alpha value is -4.77. The molecular formula is C32H22BN3O. The Morgan fingerprint density at radius 1 is 0.676 bits per heavy atom. The van der Waals surface area contributed by atoms with E-state index in [0.717, 1.165) is 56.1 Å². The highest BCUT2D eigenvalue weighted by Gasteiger charge is 2.46. The molecule has 0 atom stereocenters. The molecule has 2 aromatic heterocycles. The van der Waals surface area contributed by atoms with Crippen molar-refractivity contribution in [3.8, 4) is 0 Å². The van der Waals surface area contributed by atoms with Crippen molar-refractivity contribution in [1.82, 2.24) is 4.98 Å². The van der Waals surface area contributed by atoms with Gasteiger partial charge in [-0.1, -0.05) is 60.7 Å². The number of nitrogens with zero attached hydrogens (tertiary/aromatic N) is 3. The first-order valence-electron chi connectivity index (χ1n) is 13.9. The maximum atomic E-state index is 7.92. The van der Waals surface area contributed by atoms with Gasteiger partial charge in [-0.05, 0) is 72.4 Å². The van der Waals surface area contributed by atoms with Crippen LogP contribution in [0.15, 0.2) is 120 Å². The number of rotatable bonds is 2. The maximum Gasteiger partial charge on any atom is 0.297 e. The first kappa shape index (κ1) is 17.6. The molecule has 4 nitrogen and oxygen atoms in total. The van der Waals surface area contributed by atoms with Crippen molar-refractivity contribution in [3.05, 3.63) is 121 Å². The molecule has 8 rings (SSSR count). The van der Waals surface area contributed by atoms with E-state index in [4.69, 9.17) is 8.53 Å². The molecule has 0 saturated carbocycles. The third-order valence-electron chi connectivity index (χ3n) is 7.39. The summed E-state index contributed by atoms with van der Waals surface area (Å²) >= 11 is 0. The zero-order chi connectivity index (χ0) is 27.0. The Balaban J connectivity index is 1.48. The highest BCUT2D eigenvalue weighted by Crippen LogP contribution is 2.45. The molecule has 2 aliphatic rings. The molecule has 37 heavy (non-hydrogen) atoms. The van der Waals surface area contributed by atoms with Crippen molar-refractivity contribution < 1.29 is 8.53 Å². The van der Waals surface area contributed by atoms with E-state index in [2.05, 4.69) is 93.6 Å². The fraction of sp³-hybridized carbons (Fsp3) is 0.0312. The Kier molecular flexibility index (Phi) is 3.63. The molecule has 0 saturated heterocycles. The van der Waals surface area contributed by atoms with Crippen LogP contribution in [0.25, 0.3) is 11.1 Å². The van der Waals surface area contributed by atoms with E-state index >= 15 is 0 Å². The number of hydrogen-bond donors (Lipinski definition) is 0. The molecule has 4 heterocycles. The molecule has 4 aromatic carbocycles. The van der Waals surface area contributed by atoms with Crippen LogP contribution in [0.3, 0.4) is 0 Å². The zero-order valence-electron chi connectivity index (χ0n) is 22.8. The number of benzene rings is 4. The summed E-state index contributed by atoms with van der Waals surface area (Å²) in [6, 6.07) is 38.9. The van der Waals surface area contributed by atoms with E-state index in [1.165, 1.54) is 0 Å². The number of aromatic nitrogens is 1. The molecule has 174 valence electrons. The summed E-state index contributed by atoms with van der Waals surface area (Å²) in [5.41, 5.74) is 9.54. The number of aryl methyl sites for hydroxylation is 1. The van der Waals surface area contributed by atoms with E-state index in [1.807, 2.05) is 30.3 Å². The van der Waals surface area contributed by atoms with Crippen LogP contribution in [0.1, 0.15) is 9.81 Å². The third-order valence-corrected chi connectivity index (χ3v) is 7.39.